The van der Waals surface area contributed by atoms with Gasteiger partial charge in [0.2, 0.25) is 0 Å². The van der Waals surface area contributed by atoms with Crippen molar-refractivity contribution < 1.29 is 0 Å². The first-order valence-electron chi connectivity index (χ1n) is 5.61. The zero-order chi connectivity index (χ0) is 12.3. The van der Waals surface area contributed by atoms with Gasteiger partial charge in [0.15, 0.2) is 0 Å². The molecule has 17 heavy (non-hydrogen) atoms. The van der Waals surface area contributed by atoms with Crippen molar-refractivity contribution in [3.05, 3.63) is 69.7 Å². The lowest BCUT2D eigenvalue weighted by atomic mass is 10.0. The fraction of sp³-hybridized carbons (Fsp3) is 0.200. The first-order chi connectivity index (χ1) is 8.16. The highest BCUT2D eigenvalue weighted by molar-refractivity contribution is 9.11. The van der Waals surface area contributed by atoms with Gasteiger partial charge in [-0.25, -0.2) is 0 Å². The summed E-state index contributed by atoms with van der Waals surface area (Å²) >= 11 is 7.39. The molecule has 0 radical (unpaired) electrons. The van der Waals surface area contributed by atoms with Gasteiger partial charge >= 0.3 is 0 Å². The average Bonchev–Trinajstić information content (AvgIpc) is 2.33. The van der Waals surface area contributed by atoms with Crippen LogP contribution < -0.4 is 0 Å². The van der Waals surface area contributed by atoms with Gasteiger partial charge in [0.25, 0.3) is 0 Å². The second-order valence-corrected chi connectivity index (χ2v) is 6.14. The van der Waals surface area contributed by atoms with Crippen molar-refractivity contribution >= 4 is 31.9 Å². The molecule has 0 aromatic heterocycles. The van der Waals surface area contributed by atoms with E-state index in [9.17, 15) is 0 Å². The average molecular weight is 354 g/mol. The van der Waals surface area contributed by atoms with Gasteiger partial charge in [0, 0.05) is 9.30 Å². The van der Waals surface area contributed by atoms with Crippen molar-refractivity contribution in [2.75, 3.05) is 0 Å². The molecule has 0 spiro atoms. The van der Waals surface area contributed by atoms with E-state index in [2.05, 4.69) is 87.3 Å². The number of benzene rings is 2. The Morgan fingerprint density at radius 2 is 1.76 bits per heavy atom. The van der Waals surface area contributed by atoms with Crippen LogP contribution in [0, 0.1) is 6.92 Å². The normalized spacial score (nSPS) is 12.4. The Morgan fingerprint density at radius 3 is 2.47 bits per heavy atom. The van der Waals surface area contributed by atoms with Crippen LogP contribution in [0.2, 0.25) is 0 Å². The lowest BCUT2D eigenvalue weighted by Crippen LogP contribution is -1.97. The monoisotopic (exact) mass is 352 g/mol. The number of aryl methyl sites for hydroxylation is 1. The van der Waals surface area contributed by atoms with E-state index < -0.39 is 0 Å². The largest absolute Gasteiger partial charge is 0.0835 e. The lowest BCUT2D eigenvalue weighted by Gasteiger charge is -2.13. The number of rotatable bonds is 3. The zero-order valence-electron chi connectivity index (χ0n) is 9.66. The molecule has 0 saturated heterocycles. The smallest absolute Gasteiger partial charge is 0.0446 e. The van der Waals surface area contributed by atoms with Crippen molar-refractivity contribution in [1.82, 2.24) is 0 Å². The second kappa shape index (κ2) is 5.83. The van der Waals surface area contributed by atoms with E-state index in [0.29, 0.717) is 4.83 Å². The van der Waals surface area contributed by atoms with Gasteiger partial charge in [-0.2, -0.15) is 0 Å². The molecule has 0 nitrogen and oxygen atoms in total. The standard InChI is InChI=1S/C15H14Br2/c1-11-7-8-14(16)13(9-11)15(17)10-12-5-3-2-4-6-12/h2-9,15H,10H2,1H3. The summed E-state index contributed by atoms with van der Waals surface area (Å²) in [5.41, 5.74) is 3.96. The van der Waals surface area contributed by atoms with Crippen LogP contribution in [0.3, 0.4) is 0 Å². The Labute approximate surface area is 119 Å². The predicted octanol–water partition coefficient (Wildman–Crippen LogP) is 5.44. The Bertz CT molecular complexity index is 492. The van der Waals surface area contributed by atoms with Crippen LogP contribution in [0.25, 0.3) is 0 Å². The first-order valence-corrected chi connectivity index (χ1v) is 7.32. The van der Waals surface area contributed by atoms with E-state index in [4.69, 9.17) is 0 Å². The molecule has 88 valence electrons. The first kappa shape index (κ1) is 12.8. The molecule has 0 fully saturated rings. The van der Waals surface area contributed by atoms with Gasteiger partial charge in [0.1, 0.15) is 0 Å². The van der Waals surface area contributed by atoms with Crippen molar-refractivity contribution in [2.45, 2.75) is 18.2 Å². The van der Waals surface area contributed by atoms with Gasteiger partial charge in [-0.15, -0.1) is 0 Å². The molecule has 0 heterocycles. The highest BCUT2D eigenvalue weighted by Gasteiger charge is 2.11. The Kier molecular flexibility index (Phi) is 4.41. The maximum absolute atomic E-state index is 3.78. The number of hydrogen-bond donors (Lipinski definition) is 0. The lowest BCUT2D eigenvalue weighted by molar-refractivity contribution is 0.941. The highest BCUT2D eigenvalue weighted by Crippen LogP contribution is 2.33. The third kappa shape index (κ3) is 3.43. The van der Waals surface area contributed by atoms with E-state index in [-0.39, 0.29) is 0 Å². The van der Waals surface area contributed by atoms with Gasteiger partial charge in [-0.1, -0.05) is 79.9 Å². The van der Waals surface area contributed by atoms with Crippen molar-refractivity contribution in [3.8, 4) is 0 Å². The number of hydrogen-bond acceptors (Lipinski definition) is 0. The summed E-state index contributed by atoms with van der Waals surface area (Å²) in [5, 5.41) is 0. The minimum atomic E-state index is 0.346. The van der Waals surface area contributed by atoms with Crippen LogP contribution in [-0.2, 0) is 6.42 Å². The molecule has 2 rings (SSSR count). The van der Waals surface area contributed by atoms with Crippen molar-refractivity contribution in [1.29, 1.82) is 0 Å². The fourth-order valence-corrected chi connectivity index (χ4v) is 3.42. The van der Waals surface area contributed by atoms with E-state index >= 15 is 0 Å². The Morgan fingerprint density at radius 1 is 1.06 bits per heavy atom. The molecule has 0 aliphatic heterocycles. The van der Waals surface area contributed by atoms with Gasteiger partial charge in [-0.05, 0) is 30.5 Å². The molecule has 2 aromatic rings. The van der Waals surface area contributed by atoms with Gasteiger partial charge < -0.3 is 0 Å². The maximum atomic E-state index is 3.78. The van der Waals surface area contributed by atoms with Crippen LogP contribution in [0.1, 0.15) is 21.5 Å². The molecule has 0 aliphatic rings. The van der Waals surface area contributed by atoms with E-state index in [1.807, 2.05) is 0 Å². The van der Waals surface area contributed by atoms with Crippen molar-refractivity contribution in [3.63, 3.8) is 0 Å². The van der Waals surface area contributed by atoms with E-state index in [0.717, 1.165) is 6.42 Å². The minimum absolute atomic E-state index is 0.346. The number of alkyl halides is 1. The van der Waals surface area contributed by atoms with Crippen LogP contribution in [0.5, 0.6) is 0 Å². The highest BCUT2D eigenvalue weighted by atomic mass is 79.9. The third-order valence-electron chi connectivity index (χ3n) is 2.75. The van der Waals surface area contributed by atoms with Gasteiger partial charge in [0.05, 0.1) is 0 Å². The van der Waals surface area contributed by atoms with Crippen LogP contribution >= 0.6 is 31.9 Å². The molecule has 2 heteroatoms. The summed E-state index contributed by atoms with van der Waals surface area (Å²) in [5.74, 6) is 0. The second-order valence-electron chi connectivity index (χ2n) is 4.18. The molecule has 0 amide bonds. The Hall–Kier alpha value is -0.600. The molecule has 0 bridgehead atoms. The summed E-state index contributed by atoms with van der Waals surface area (Å²) in [7, 11) is 0. The molecule has 1 unspecified atom stereocenters. The summed E-state index contributed by atoms with van der Waals surface area (Å²) in [6, 6.07) is 17.0. The summed E-state index contributed by atoms with van der Waals surface area (Å²) < 4.78 is 1.17. The number of halogens is 2. The minimum Gasteiger partial charge on any atom is -0.0835 e. The SMILES string of the molecule is Cc1ccc(Br)c(C(Br)Cc2ccccc2)c1. The quantitative estimate of drug-likeness (QED) is 0.645. The molecular formula is C15H14Br2. The van der Waals surface area contributed by atoms with Crippen molar-refractivity contribution in [2.24, 2.45) is 0 Å². The summed E-state index contributed by atoms with van der Waals surface area (Å²) in [6.45, 7) is 2.12. The molecule has 1 atom stereocenters. The van der Waals surface area contributed by atoms with Crippen LogP contribution in [0.15, 0.2) is 53.0 Å². The maximum Gasteiger partial charge on any atom is 0.0446 e. The van der Waals surface area contributed by atoms with Crippen LogP contribution in [-0.4, -0.2) is 0 Å². The molecular weight excluding hydrogens is 340 g/mol. The fourth-order valence-electron chi connectivity index (χ4n) is 1.83. The molecule has 0 saturated carbocycles. The summed E-state index contributed by atoms with van der Waals surface area (Å²) in [6.07, 6.45) is 1.00. The molecule has 0 aliphatic carbocycles. The third-order valence-corrected chi connectivity index (χ3v) is 4.29. The molecule has 0 N–H and O–H groups in total. The van der Waals surface area contributed by atoms with E-state index in [1.54, 1.807) is 0 Å². The predicted molar refractivity (Wildman–Crippen MR) is 80.7 cm³/mol. The van der Waals surface area contributed by atoms with Gasteiger partial charge in [-0.3, -0.25) is 0 Å². The zero-order valence-corrected chi connectivity index (χ0v) is 12.8. The van der Waals surface area contributed by atoms with Crippen LogP contribution in [0.4, 0.5) is 0 Å². The molecule has 2 aromatic carbocycles. The topological polar surface area (TPSA) is 0 Å². The van der Waals surface area contributed by atoms with E-state index in [1.165, 1.54) is 21.2 Å². The summed E-state index contributed by atoms with van der Waals surface area (Å²) in [4.78, 5) is 0.346. The Balaban J connectivity index is 2.20.